The quantitative estimate of drug-likeness (QED) is 0.653. The molecule has 0 spiro atoms. The van der Waals surface area contributed by atoms with Crippen molar-refractivity contribution in [3.05, 3.63) is 59.3 Å². The van der Waals surface area contributed by atoms with Crippen LogP contribution in [0.15, 0.2) is 42.6 Å². The fourth-order valence-electron chi connectivity index (χ4n) is 4.35. The predicted molar refractivity (Wildman–Crippen MR) is 120 cm³/mol. The van der Waals surface area contributed by atoms with Gasteiger partial charge in [0.05, 0.1) is 12.1 Å². The Morgan fingerprint density at radius 3 is 2.65 bits per heavy atom. The van der Waals surface area contributed by atoms with Crippen LogP contribution < -0.4 is 9.64 Å². The van der Waals surface area contributed by atoms with Crippen LogP contribution in [-0.4, -0.2) is 65.1 Å². The predicted octanol–water partition coefficient (Wildman–Crippen LogP) is 4.06. The van der Waals surface area contributed by atoms with Gasteiger partial charge in [-0.2, -0.15) is 13.2 Å². The van der Waals surface area contributed by atoms with Crippen LogP contribution in [0, 0.1) is 0 Å². The van der Waals surface area contributed by atoms with Gasteiger partial charge in [-0.1, -0.05) is 12.1 Å². The summed E-state index contributed by atoms with van der Waals surface area (Å²) in [6.45, 7) is 2.05. The summed E-state index contributed by atoms with van der Waals surface area (Å²) >= 11 is 0. The number of pyridine rings is 1. The van der Waals surface area contributed by atoms with Crippen molar-refractivity contribution in [2.45, 2.75) is 31.5 Å². The van der Waals surface area contributed by atoms with E-state index in [1.165, 1.54) is 11.0 Å². The lowest BCUT2D eigenvalue weighted by atomic mass is 9.96. The molecule has 4 rings (SSSR count). The molecule has 2 aromatic rings. The summed E-state index contributed by atoms with van der Waals surface area (Å²) in [5.41, 5.74) is 3.24. The molecule has 0 radical (unpaired) electrons. The lowest BCUT2D eigenvalue weighted by molar-refractivity contribution is -0.137. The van der Waals surface area contributed by atoms with E-state index >= 15 is 0 Å². The molecule has 1 amide bonds. The molecule has 2 aliphatic rings. The van der Waals surface area contributed by atoms with Crippen LogP contribution in [0.3, 0.4) is 0 Å². The van der Waals surface area contributed by atoms with E-state index in [0.717, 1.165) is 34.7 Å². The number of rotatable bonds is 6. The minimum atomic E-state index is -4.44. The van der Waals surface area contributed by atoms with Crippen molar-refractivity contribution in [2.24, 2.45) is 0 Å². The van der Waals surface area contributed by atoms with Crippen LogP contribution in [-0.2, 0) is 12.6 Å². The van der Waals surface area contributed by atoms with Crippen LogP contribution in [0.5, 0.6) is 5.88 Å². The average molecular weight is 477 g/mol. The van der Waals surface area contributed by atoms with E-state index in [1.54, 1.807) is 0 Å². The second kappa shape index (κ2) is 9.92. The number of aliphatic hydroxyl groups excluding tert-OH is 1. The topological polar surface area (TPSA) is 86.1 Å². The van der Waals surface area contributed by atoms with Gasteiger partial charge in [-0.05, 0) is 47.7 Å². The van der Waals surface area contributed by atoms with Gasteiger partial charge in [0.1, 0.15) is 6.10 Å². The molecule has 1 atom stereocenters. The molecule has 1 saturated heterocycles. The Hall–Kier alpha value is -3.27. The molecule has 1 unspecified atom stereocenters. The fraction of sp³-hybridized carbons (Fsp3) is 0.417. The lowest BCUT2D eigenvalue weighted by Crippen LogP contribution is -2.33. The van der Waals surface area contributed by atoms with Crippen molar-refractivity contribution in [3.8, 4) is 5.88 Å². The van der Waals surface area contributed by atoms with E-state index < -0.39 is 17.8 Å². The Balaban J connectivity index is 1.44. The van der Waals surface area contributed by atoms with E-state index in [-0.39, 0.29) is 18.6 Å². The molecule has 1 aromatic heterocycles. The summed E-state index contributed by atoms with van der Waals surface area (Å²) in [6, 6.07) is 8.25. The average Bonchev–Trinajstić information content (AvgIpc) is 3.27. The summed E-state index contributed by atoms with van der Waals surface area (Å²) in [5.74, 6) is 0.158. The number of benzene rings is 1. The molecule has 7 nitrogen and oxygen atoms in total. The first-order valence-corrected chi connectivity index (χ1v) is 11.1. The van der Waals surface area contributed by atoms with Gasteiger partial charge in [0.2, 0.25) is 5.88 Å². The second-order valence-corrected chi connectivity index (χ2v) is 8.38. The lowest BCUT2D eigenvalue weighted by Gasteiger charge is -2.26. The third-order valence-electron chi connectivity index (χ3n) is 6.15. The zero-order valence-electron chi connectivity index (χ0n) is 18.5. The highest BCUT2D eigenvalue weighted by atomic mass is 19.4. The first-order valence-electron chi connectivity index (χ1n) is 11.1. The Bertz CT molecular complexity index is 1060. The molecular formula is C24H26F3N3O4. The van der Waals surface area contributed by atoms with Crippen LogP contribution in [0.25, 0.3) is 5.57 Å². The van der Waals surface area contributed by atoms with Gasteiger partial charge in [0, 0.05) is 50.6 Å². The summed E-state index contributed by atoms with van der Waals surface area (Å²) < 4.78 is 44.0. The maximum Gasteiger partial charge on any atom is 0.417 e. The maximum absolute atomic E-state index is 12.7. The number of carbonyl (C=O) groups is 1. The van der Waals surface area contributed by atoms with E-state index in [4.69, 9.17) is 9.84 Å². The van der Waals surface area contributed by atoms with Crippen molar-refractivity contribution in [1.82, 2.24) is 9.88 Å². The highest BCUT2D eigenvalue weighted by Crippen LogP contribution is 2.32. The molecule has 182 valence electrons. The largest absolute Gasteiger partial charge is 0.472 e. The summed E-state index contributed by atoms with van der Waals surface area (Å²) in [7, 11) is 0. The Labute approximate surface area is 195 Å². The number of aromatic nitrogens is 1. The molecule has 0 bridgehead atoms. The number of aliphatic hydroxyl groups is 1. The number of alkyl halides is 3. The Kier molecular flexibility index (Phi) is 6.97. The Morgan fingerprint density at radius 1 is 1.21 bits per heavy atom. The van der Waals surface area contributed by atoms with Gasteiger partial charge in [-0.15, -0.1) is 0 Å². The van der Waals surface area contributed by atoms with E-state index in [9.17, 15) is 23.1 Å². The second-order valence-electron chi connectivity index (χ2n) is 8.38. The first-order chi connectivity index (χ1) is 16.2. The standard InChI is InChI=1S/C24H26F3N3O4/c25-24(26,27)19-2-4-22(28-14-19)34-20-7-11-30(15-20)21-3-1-17(13-18(21)8-12-31)16-5-9-29(10-6-16)23(32)33/h1-5,13-14,20,31H,6-12,15H2,(H,32,33). The number of nitrogens with zero attached hydrogens (tertiary/aromatic N) is 3. The van der Waals surface area contributed by atoms with Gasteiger partial charge < -0.3 is 24.7 Å². The van der Waals surface area contributed by atoms with Crippen LogP contribution in [0.4, 0.5) is 23.7 Å². The minimum absolute atomic E-state index is 0.00840. The Morgan fingerprint density at radius 2 is 2.03 bits per heavy atom. The van der Waals surface area contributed by atoms with Crippen molar-refractivity contribution in [3.63, 3.8) is 0 Å². The van der Waals surface area contributed by atoms with Gasteiger partial charge in [0.25, 0.3) is 0 Å². The molecule has 1 fully saturated rings. The maximum atomic E-state index is 12.7. The molecule has 10 heteroatoms. The third kappa shape index (κ3) is 5.44. The zero-order chi connectivity index (χ0) is 24.3. The smallest absolute Gasteiger partial charge is 0.417 e. The monoisotopic (exact) mass is 477 g/mol. The van der Waals surface area contributed by atoms with E-state index in [2.05, 4.69) is 9.88 Å². The van der Waals surface area contributed by atoms with E-state index in [1.807, 2.05) is 24.3 Å². The summed E-state index contributed by atoms with van der Waals surface area (Å²) in [6.07, 6.45) is -1.09. The van der Waals surface area contributed by atoms with Gasteiger partial charge >= 0.3 is 12.3 Å². The van der Waals surface area contributed by atoms with Crippen molar-refractivity contribution in [2.75, 3.05) is 37.7 Å². The summed E-state index contributed by atoms with van der Waals surface area (Å²) in [5, 5.41) is 18.7. The van der Waals surface area contributed by atoms with Gasteiger partial charge in [0.15, 0.2) is 0 Å². The minimum Gasteiger partial charge on any atom is -0.472 e. The zero-order valence-corrected chi connectivity index (χ0v) is 18.5. The number of halogens is 3. The third-order valence-corrected chi connectivity index (χ3v) is 6.15. The number of hydrogen-bond donors (Lipinski definition) is 2. The highest BCUT2D eigenvalue weighted by Gasteiger charge is 2.31. The number of carboxylic acid groups (broad SMARTS) is 1. The molecule has 0 saturated carbocycles. The number of amides is 1. The van der Waals surface area contributed by atoms with Crippen molar-refractivity contribution in [1.29, 1.82) is 0 Å². The van der Waals surface area contributed by atoms with E-state index in [0.29, 0.717) is 45.4 Å². The molecule has 34 heavy (non-hydrogen) atoms. The summed E-state index contributed by atoms with van der Waals surface area (Å²) in [4.78, 5) is 18.4. The number of hydrogen-bond acceptors (Lipinski definition) is 5. The van der Waals surface area contributed by atoms with Crippen LogP contribution in [0.1, 0.15) is 29.5 Å². The van der Waals surface area contributed by atoms with Crippen LogP contribution >= 0.6 is 0 Å². The number of anilines is 1. The fourth-order valence-corrected chi connectivity index (χ4v) is 4.35. The SMILES string of the molecule is O=C(O)N1CC=C(c2ccc(N3CCC(Oc4ccc(C(F)(F)F)cn4)C3)c(CCO)c2)CC1. The van der Waals surface area contributed by atoms with Crippen molar-refractivity contribution >= 4 is 17.4 Å². The first kappa shape index (κ1) is 23.9. The molecule has 1 aromatic carbocycles. The molecule has 3 heterocycles. The highest BCUT2D eigenvalue weighted by molar-refractivity contribution is 5.73. The van der Waals surface area contributed by atoms with Crippen molar-refractivity contribution < 1.29 is 32.9 Å². The normalized spacial score (nSPS) is 18.7. The van der Waals surface area contributed by atoms with Gasteiger partial charge in [-0.3, -0.25) is 0 Å². The van der Waals surface area contributed by atoms with Gasteiger partial charge in [-0.25, -0.2) is 9.78 Å². The molecule has 2 aliphatic heterocycles. The number of ether oxygens (including phenoxy) is 1. The van der Waals surface area contributed by atoms with Crippen LogP contribution in [0.2, 0.25) is 0 Å². The molecular weight excluding hydrogens is 451 g/mol. The molecule has 0 aliphatic carbocycles. The molecule has 2 N–H and O–H groups in total.